The van der Waals surface area contributed by atoms with Crippen LogP contribution in [0.25, 0.3) is 11.1 Å². The smallest absolute Gasteiger partial charge is 0.131 e. The molecule has 0 saturated heterocycles. The fourth-order valence-corrected chi connectivity index (χ4v) is 5.22. The van der Waals surface area contributed by atoms with Crippen molar-refractivity contribution in [2.24, 2.45) is 0 Å². The number of hydrogen-bond acceptors (Lipinski definition) is 3. The van der Waals surface area contributed by atoms with E-state index in [2.05, 4.69) is 134 Å². The van der Waals surface area contributed by atoms with Gasteiger partial charge in [-0.1, -0.05) is 118 Å². The first-order valence-corrected chi connectivity index (χ1v) is 14.7. The van der Waals surface area contributed by atoms with Gasteiger partial charge in [0.15, 0.2) is 0 Å². The van der Waals surface area contributed by atoms with E-state index in [0.29, 0.717) is 0 Å². The van der Waals surface area contributed by atoms with Crippen molar-refractivity contribution in [1.29, 1.82) is 0 Å². The molecule has 0 aliphatic carbocycles. The molecule has 3 heteroatoms. The van der Waals surface area contributed by atoms with E-state index < -0.39 is 0 Å². The van der Waals surface area contributed by atoms with Crippen molar-refractivity contribution in [1.82, 2.24) is 0 Å². The number of nitrogens with one attached hydrogen (secondary N) is 1. The molecule has 6 rings (SSSR count). The molecule has 0 amide bonds. The molecule has 3 nitrogen and oxygen atoms in total. The Hall–Kier alpha value is -5.28. The minimum absolute atomic E-state index is 0.0927. The van der Waals surface area contributed by atoms with Gasteiger partial charge in [0, 0.05) is 34.8 Å². The zero-order chi connectivity index (χ0) is 29.6. The largest absolute Gasteiger partial charge is 0.457 e. The molecule has 0 spiro atoms. The summed E-state index contributed by atoms with van der Waals surface area (Å²) in [6, 6.07) is 54.5. The van der Waals surface area contributed by atoms with Crippen LogP contribution in [0, 0.1) is 0 Å². The molecule has 0 fully saturated rings. The monoisotopic (exact) mass is 560 g/mol. The Morgan fingerprint density at radius 1 is 0.512 bits per heavy atom. The van der Waals surface area contributed by atoms with E-state index >= 15 is 0 Å². The Balaban J connectivity index is 1.50. The number of rotatable bonds is 8. The summed E-state index contributed by atoms with van der Waals surface area (Å²) in [5, 5.41) is 3.59. The topological polar surface area (TPSA) is 24.5 Å². The van der Waals surface area contributed by atoms with Gasteiger partial charge in [-0.2, -0.15) is 0 Å². The fraction of sp³-hybridized carbons (Fsp3) is 0.100. The van der Waals surface area contributed by atoms with Gasteiger partial charge in [-0.05, 0) is 65.1 Å². The van der Waals surface area contributed by atoms with Crippen LogP contribution in [0.3, 0.4) is 0 Å². The maximum absolute atomic E-state index is 6.41. The van der Waals surface area contributed by atoms with Crippen LogP contribution in [0.2, 0.25) is 0 Å². The van der Waals surface area contributed by atoms with Crippen molar-refractivity contribution in [2.75, 3.05) is 10.2 Å². The third-order valence-corrected chi connectivity index (χ3v) is 7.41. The second kappa shape index (κ2) is 12.3. The van der Waals surface area contributed by atoms with Crippen LogP contribution in [0.1, 0.15) is 26.3 Å². The highest BCUT2D eigenvalue weighted by molar-refractivity contribution is 5.89. The first-order chi connectivity index (χ1) is 20.9. The van der Waals surface area contributed by atoms with Crippen LogP contribution in [-0.2, 0) is 5.41 Å². The summed E-state index contributed by atoms with van der Waals surface area (Å²) >= 11 is 0. The molecule has 0 atom stereocenters. The Kier molecular flexibility index (Phi) is 7.97. The molecule has 0 radical (unpaired) electrons. The molecule has 0 unspecified atom stereocenters. The highest BCUT2D eigenvalue weighted by Crippen LogP contribution is 2.43. The van der Waals surface area contributed by atoms with Crippen molar-refractivity contribution in [3.05, 3.63) is 163 Å². The Morgan fingerprint density at radius 3 is 1.79 bits per heavy atom. The van der Waals surface area contributed by atoms with Gasteiger partial charge in [0.2, 0.25) is 0 Å². The van der Waals surface area contributed by atoms with Crippen molar-refractivity contribution in [2.45, 2.75) is 26.2 Å². The van der Waals surface area contributed by atoms with Gasteiger partial charge in [0.05, 0.1) is 11.4 Å². The van der Waals surface area contributed by atoms with E-state index in [1.807, 2.05) is 54.6 Å². The quantitative estimate of drug-likeness (QED) is 0.200. The molecular weight excluding hydrogens is 524 g/mol. The van der Waals surface area contributed by atoms with E-state index in [4.69, 9.17) is 4.74 Å². The predicted octanol–water partition coefficient (Wildman–Crippen LogP) is 11.7. The standard InChI is InChI=1S/C40H36N2O/c1-40(2,3)31-25-23-30(24-26-31)38-21-13-14-22-39(38)42(34-17-9-5-10-18-34)35-27-33(41-32-15-7-4-8-16-32)28-37(29-35)43-36-19-11-6-12-20-36/h4-29,41H,1-3H3. The molecule has 43 heavy (non-hydrogen) atoms. The number of ether oxygens (including phenoxy) is 1. The third-order valence-electron chi connectivity index (χ3n) is 7.41. The fourth-order valence-electron chi connectivity index (χ4n) is 5.22. The maximum atomic E-state index is 6.41. The molecule has 6 aromatic rings. The highest BCUT2D eigenvalue weighted by Gasteiger charge is 2.20. The summed E-state index contributed by atoms with van der Waals surface area (Å²) in [5.41, 5.74) is 8.80. The van der Waals surface area contributed by atoms with Gasteiger partial charge >= 0.3 is 0 Å². The van der Waals surface area contributed by atoms with Crippen molar-refractivity contribution in [3.63, 3.8) is 0 Å². The summed E-state index contributed by atoms with van der Waals surface area (Å²) in [5.74, 6) is 1.53. The molecule has 6 aromatic carbocycles. The number of benzene rings is 6. The second-order valence-electron chi connectivity index (χ2n) is 11.6. The molecule has 0 aromatic heterocycles. The SMILES string of the molecule is CC(C)(C)c1ccc(-c2ccccc2N(c2ccccc2)c2cc(Nc3ccccc3)cc(Oc3ccccc3)c2)cc1. The normalized spacial score (nSPS) is 11.1. The lowest BCUT2D eigenvalue weighted by Crippen LogP contribution is -2.12. The van der Waals surface area contributed by atoms with Gasteiger partial charge in [0.25, 0.3) is 0 Å². The van der Waals surface area contributed by atoms with Crippen molar-refractivity contribution < 1.29 is 4.74 Å². The molecule has 0 bridgehead atoms. The van der Waals surface area contributed by atoms with Crippen molar-refractivity contribution in [3.8, 4) is 22.6 Å². The van der Waals surface area contributed by atoms with Crippen LogP contribution in [-0.4, -0.2) is 0 Å². The summed E-state index contributed by atoms with van der Waals surface area (Å²) in [7, 11) is 0. The van der Waals surface area contributed by atoms with Crippen molar-refractivity contribution >= 4 is 28.4 Å². The average Bonchev–Trinajstić information content (AvgIpc) is 3.03. The number of hydrogen-bond donors (Lipinski definition) is 1. The van der Waals surface area contributed by atoms with Crippen LogP contribution < -0.4 is 15.0 Å². The van der Waals surface area contributed by atoms with Gasteiger partial charge in [-0.25, -0.2) is 0 Å². The molecular formula is C40H36N2O. The van der Waals surface area contributed by atoms with Gasteiger partial charge < -0.3 is 15.0 Å². The highest BCUT2D eigenvalue weighted by atomic mass is 16.5. The zero-order valence-corrected chi connectivity index (χ0v) is 24.9. The van der Waals surface area contributed by atoms with Crippen LogP contribution in [0.5, 0.6) is 11.5 Å². The minimum atomic E-state index is 0.0927. The molecule has 0 saturated carbocycles. The summed E-state index contributed by atoms with van der Waals surface area (Å²) in [6.45, 7) is 6.75. The maximum Gasteiger partial charge on any atom is 0.131 e. The minimum Gasteiger partial charge on any atom is -0.457 e. The number of anilines is 5. The summed E-state index contributed by atoms with van der Waals surface area (Å²) < 4.78 is 6.41. The van der Waals surface area contributed by atoms with Gasteiger partial charge in [-0.3, -0.25) is 0 Å². The Labute approximate surface area is 255 Å². The van der Waals surface area contributed by atoms with E-state index in [0.717, 1.165) is 45.5 Å². The van der Waals surface area contributed by atoms with E-state index in [1.165, 1.54) is 11.1 Å². The molecule has 0 aliphatic rings. The molecule has 1 N–H and O–H groups in total. The Morgan fingerprint density at radius 2 is 1.12 bits per heavy atom. The first-order valence-electron chi connectivity index (χ1n) is 14.7. The lowest BCUT2D eigenvalue weighted by molar-refractivity contribution is 0.483. The molecule has 212 valence electrons. The summed E-state index contributed by atoms with van der Waals surface area (Å²) in [4.78, 5) is 2.31. The lowest BCUT2D eigenvalue weighted by atomic mass is 9.86. The van der Waals surface area contributed by atoms with Crippen LogP contribution >= 0.6 is 0 Å². The first kappa shape index (κ1) is 27.9. The van der Waals surface area contributed by atoms with Crippen LogP contribution in [0.15, 0.2) is 158 Å². The van der Waals surface area contributed by atoms with E-state index in [1.54, 1.807) is 0 Å². The molecule has 0 heterocycles. The third kappa shape index (κ3) is 6.63. The zero-order valence-electron chi connectivity index (χ0n) is 24.9. The van der Waals surface area contributed by atoms with E-state index in [-0.39, 0.29) is 5.41 Å². The average molecular weight is 561 g/mol. The number of para-hydroxylation sites is 4. The van der Waals surface area contributed by atoms with Crippen LogP contribution in [0.4, 0.5) is 28.4 Å². The second-order valence-corrected chi connectivity index (χ2v) is 11.6. The predicted molar refractivity (Wildman–Crippen MR) is 182 cm³/mol. The van der Waals surface area contributed by atoms with Gasteiger partial charge in [0.1, 0.15) is 11.5 Å². The van der Waals surface area contributed by atoms with Gasteiger partial charge in [-0.15, -0.1) is 0 Å². The van der Waals surface area contributed by atoms with E-state index in [9.17, 15) is 0 Å². The lowest BCUT2D eigenvalue weighted by Gasteiger charge is -2.29. The number of nitrogens with zero attached hydrogens (tertiary/aromatic N) is 1. The Bertz CT molecular complexity index is 1720. The molecule has 0 aliphatic heterocycles. The summed E-state index contributed by atoms with van der Waals surface area (Å²) in [6.07, 6.45) is 0.